The lowest BCUT2D eigenvalue weighted by Gasteiger charge is -2.08. The second-order valence-electron chi connectivity index (χ2n) is 4.45. The van der Waals surface area contributed by atoms with Gasteiger partial charge in [0.15, 0.2) is 5.43 Å². The van der Waals surface area contributed by atoms with Crippen LogP contribution in [0.4, 0.5) is 0 Å². The van der Waals surface area contributed by atoms with Crippen molar-refractivity contribution in [2.45, 2.75) is 12.3 Å². The number of likely N-dealkylation sites (N-methyl/N-ethyl adjacent to an activating group) is 1. The van der Waals surface area contributed by atoms with E-state index in [9.17, 15) is 4.79 Å². The van der Waals surface area contributed by atoms with Gasteiger partial charge in [-0.25, -0.2) is 0 Å². The molecule has 16 heavy (non-hydrogen) atoms. The fraction of sp³-hybridized carbons (Fsp3) is 0.455. The van der Waals surface area contributed by atoms with Crippen LogP contribution in [0.5, 0.6) is 0 Å². The Bertz CT molecular complexity index is 571. The molecule has 2 aromatic rings. The zero-order valence-corrected chi connectivity index (χ0v) is 9.18. The number of nitrogens with zero attached hydrogens (tertiary/aromatic N) is 3. The number of rotatable bonds is 1. The molecule has 1 fully saturated rings. The van der Waals surface area contributed by atoms with Crippen molar-refractivity contribution in [3.8, 4) is 0 Å². The maximum atomic E-state index is 11.2. The molecule has 5 heteroatoms. The van der Waals surface area contributed by atoms with Gasteiger partial charge in [-0.2, -0.15) is 5.10 Å². The van der Waals surface area contributed by atoms with Crippen LogP contribution in [0.2, 0.25) is 0 Å². The second-order valence-corrected chi connectivity index (χ2v) is 4.45. The van der Waals surface area contributed by atoms with Gasteiger partial charge in [0, 0.05) is 30.8 Å². The highest BCUT2D eigenvalue weighted by molar-refractivity contribution is 5.37. The molecule has 3 rings (SSSR count). The van der Waals surface area contributed by atoms with Crippen molar-refractivity contribution in [1.29, 1.82) is 0 Å². The van der Waals surface area contributed by atoms with Gasteiger partial charge in [-0.05, 0) is 20.0 Å². The van der Waals surface area contributed by atoms with Crippen LogP contribution in [-0.2, 0) is 0 Å². The largest absolute Gasteiger partial charge is 0.306 e. The molecule has 1 N–H and O–H groups in total. The molecule has 1 saturated heterocycles. The summed E-state index contributed by atoms with van der Waals surface area (Å²) in [6.07, 6.45) is 2.93. The number of aromatic nitrogens is 3. The van der Waals surface area contributed by atoms with Crippen LogP contribution in [-0.4, -0.2) is 39.6 Å². The average molecular weight is 218 g/mol. The van der Waals surface area contributed by atoms with Gasteiger partial charge in [-0.3, -0.25) is 14.3 Å². The van der Waals surface area contributed by atoms with Crippen molar-refractivity contribution in [1.82, 2.24) is 19.5 Å². The van der Waals surface area contributed by atoms with Gasteiger partial charge in [-0.15, -0.1) is 0 Å². The van der Waals surface area contributed by atoms with Crippen LogP contribution in [0, 0.1) is 0 Å². The topological polar surface area (TPSA) is 53.4 Å². The van der Waals surface area contributed by atoms with Crippen LogP contribution >= 0.6 is 0 Å². The van der Waals surface area contributed by atoms with E-state index in [2.05, 4.69) is 22.1 Å². The zero-order valence-electron chi connectivity index (χ0n) is 9.18. The molecule has 0 saturated carbocycles. The summed E-state index contributed by atoms with van der Waals surface area (Å²) in [4.78, 5) is 13.5. The van der Waals surface area contributed by atoms with Crippen molar-refractivity contribution in [3.63, 3.8) is 0 Å². The quantitative estimate of drug-likeness (QED) is 0.755. The number of hydrogen-bond acceptors (Lipinski definition) is 3. The molecular weight excluding hydrogens is 204 g/mol. The predicted octanol–water partition coefficient (Wildman–Crippen LogP) is 0.442. The molecule has 0 bridgehead atoms. The van der Waals surface area contributed by atoms with Gasteiger partial charge < -0.3 is 4.90 Å². The van der Waals surface area contributed by atoms with Crippen LogP contribution in [0.1, 0.15) is 18.2 Å². The third kappa shape index (κ3) is 1.44. The molecule has 0 aromatic carbocycles. The first-order valence-electron chi connectivity index (χ1n) is 5.49. The van der Waals surface area contributed by atoms with Crippen molar-refractivity contribution in [3.05, 3.63) is 34.4 Å². The highest BCUT2D eigenvalue weighted by Crippen LogP contribution is 2.24. The number of aromatic amines is 1. The van der Waals surface area contributed by atoms with Crippen LogP contribution in [0.25, 0.3) is 5.65 Å². The van der Waals surface area contributed by atoms with Crippen LogP contribution in [0.3, 0.4) is 0 Å². The second kappa shape index (κ2) is 3.45. The van der Waals surface area contributed by atoms with E-state index in [4.69, 9.17) is 0 Å². The highest BCUT2D eigenvalue weighted by Gasteiger charge is 2.24. The molecule has 3 heterocycles. The molecule has 1 atom stereocenters. The Hall–Kier alpha value is -1.62. The van der Waals surface area contributed by atoms with E-state index in [0.29, 0.717) is 5.92 Å². The lowest BCUT2D eigenvalue weighted by Crippen LogP contribution is -2.14. The summed E-state index contributed by atoms with van der Waals surface area (Å²) in [5.41, 5.74) is 0.788. The Kier molecular flexibility index (Phi) is 2.07. The maximum absolute atomic E-state index is 11.2. The number of likely N-dealkylation sites (tertiary alicyclic amines) is 1. The lowest BCUT2D eigenvalue weighted by molar-refractivity contribution is 0.409. The Labute approximate surface area is 92.7 Å². The summed E-state index contributed by atoms with van der Waals surface area (Å²) < 4.78 is 1.98. The highest BCUT2D eigenvalue weighted by atomic mass is 16.1. The van der Waals surface area contributed by atoms with Crippen molar-refractivity contribution < 1.29 is 0 Å². The molecule has 1 aliphatic heterocycles. The van der Waals surface area contributed by atoms with Gasteiger partial charge in [-0.1, -0.05) is 0 Å². The Morgan fingerprint density at radius 1 is 1.56 bits per heavy atom. The molecule has 2 aromatic heterocycles. The smallest absolute Gasteiger partial charge is 0.183 e. The van der Waals surface area contributed by atoms with Crippen molar-refractivity contribution in [2.75, 3.05) is 20.1 Å². The Morgan fingerprint density at radius 3 is 3.19 bits per heavy atom. The van der Waals surface area contributed by atoms with E-state index < -0.39 is 0 Å². The van der Waals surface area contributed by atoms with E-state index in [1.165, 1.54) is 0 Å². The first kappa shape index (κ1) is 9.59. The lowest BCUT2D eigenvalue weighted by atomic mass is 10.1. The van der Waals surface area contributed by atoms with Crippen LogP contribution in [0.15, 0.2) is 23.1 Å². The fourth-order valence-corrected chi connectivity index (χ4v) is 2.37. The normalized spacial score (nSPS) is 21.9. The molecule has 5 nitrogen and oxygen atoms in total. The monoisotopic (exact) mass is 218 g/mol. The number of nitrogens with one attached hydrogen (secondary N) is 1. The Morgan fingerprint density at radius 2 is 2.44 bits per heavy atom. The number of pyridine rings is 1. The predicted molar refractivity (Wildman–Crippen MR) is 60.7 cm³/mol. The first-order valence-corrected chi connectivity index (χ1v) is 5.49. The summed E-state index contributed by atoms with van der Waals surface area (Å²) >= 11 is 0. The third-order valence-corrected chi connectivity index (χ3v) is 3.21. The van der Waals surface area contributed by atoms with Gasteiger partial charge in [0.05, 0.1) is 0 Å². The van der Waals surface area contributed by atoms with E-state index in [0.717, 1.165) is 31.0 Å². The molecule has 0 radical (unpaired) electrons. The van der Waals surface area contributed by atoms with E-state index >= 15 is 0 Å². The number of hydrogen-bond donors (Lipinski definition) is 1. The summed E-state index contributed by atoms with van der Waals surface area (Å²) in [7, 11) is 2.12. The maximum Gasteiger partial charge on any atom is 0.183 e. The van der Waals surface area contributed by atoms with Crippen molar-refractivity contribution in [2.24, 2.45) is 0 Å². The van der Waals surface area contributed by atoms with Gasteiger partial charge >= 0.3 is 0 Å². The standard InChI is InChI=1S/C11H14N4O/c1-14-4-2-8(7-14)11-13-12-10-6-9(16)3-5-15(10)11/h3,5-6,8,12H,2,4,7H2,1H3. The van der Waals surface area contributed by atoms with Crippen LogP contribution < -0.4 is 5.43 Å². The van der Waals surface area contributed by atoms with Crippen molar-refractivity contribution >= 4 is 5.65 Å². The minimum absolute atomic E-state index is 0.0127. The first-order chi connectivity index (χ1) is 7.74. The summed E-state index contributed by atoms with van der Waals surface area (Å²) in [5, 5.41) is 7.24. The molecule has 84 valence electrons. The number of fused-ring (bicyclic) bond motifs is 1. The molecule has 0 amide bonds. The van der Waals surface area contributed by atoms with E-state index in [1.54, 1.807) is 18.3 Å². The van der Waals surface area contributed by atoms with E-state index in [1.807, 2.05) is 4.40 Å². The van der Waals surface area contributed by atoms with E-state index in [-0.39, 0.29) is 5.43 Å². The minimum Gasteiger partial charge on any atom is -0.306 e. The fourth-order valence-electron chi connectivity index (χ4n) is 2.37. The van der Waals surface area contributed by atoms with Gasteiger partial charge in [0.25, 0.3) is 0 Å². The summed E-state index contributed by atoms with van der Waals surface area (Å²) in [6, 6.07) is 3.15. The molecule has 1 aliphatic rings. The van der Waals surface area contributed by atoms with Gasteiger partial charge in [0.1, 0.15) is 11.5 Å². The Balaban J connectivity index is 2.07. The van der Waals surface area contributed by atoms with Gasteiger partial charge in [0.2, 0.25) is 0 Å². The summed E-state index contributed by atoms with van der Waals surface area (Å²) in [5.74, 6) is 1.49. The molecule has 1 unspecified atom stereocenters. The average Bonchev–Trinajstić information content (AvgIpc) is 2.83. The SMILES string of the molecule is CN1CCC(c2n[nH]c3cc(=O)ccn23)C1. The molecule has 0 spiro atoms. The molecular formula is C11H14N4O. The molecule has 0 aliphatic carbocycles. The summed E-state index contributed by atoms with van der Waals surface area (Å²) in [6.45, 7) is 2.14. The number of H-pyrrole nitrogens is 1. The zero-order chi connectivity index (χ0) is 11.1. The minimum atomic E-state index is 0.0127. The third-order valence-electron chi connectivity index (χ3n) is 3.21.